The lowest BCUT2D eigenvalue weighted by Gasteiger charge is -2.18. The fraction of sp³-hybridized carbons (Fsp3) is 0.467. The molecule has 1 atom stereocenters. The molecular formula is C15H19BrClNO5. The lowest BCUT2D eigenvalue weighted by atomic mass is 10.1. The molecule has 8 heteroatoms. The van der Waals surface area contributed by atoms with Gasteiger partial charge in [-0.05, 0) is 41.4 Å². The van der Waals surface area contributed by atoms with E-state index >= 15 is 0 Å². The molecule has 1 aromatic carbocycles. The molecule has 1 aromatic rings. The third kappa shape index (κ3) is 4.29. The molecule has 1 amide bonds. The molecule has 1 fully saturated rings. The maximum atomic E-state index is 12.5. The number of ether oxygens (including phenoxy) is 2. The van der Waals surface area contributed by atoms with Crippen molar-refractivity contribution >= 4 is 40.2 Å². The number of benzene rings is 1. The van der Waals surface area contributed by atoms with Crippen molar-refractivity contribution in [2.45, 2.75) is 13.3 Å². The predicted molar refractivity (Wildman–Crippen MR) is 90.8 cm³/mol. The number of carboxylic acids is 1. The summed E-state index contributed by atoms with van der Waals surface area (Å²) in [4.78, 5) is 25.1. The number of hydrogen-bond acceptors (Lipinski definition) is 4. The molecule has 2 rings (SSSR count). The fourth-order valence-electron chi connectivity index (χ4n) is 2.46. The number of carbonyl (C=O) groups excluding carboxylic acids is 1. The minimum atomic E-state index is -0.860. The average molecular weight is 409 g/mol. The quantitative estimate of drug-likeness (QED) is 0.811. The minimum absolute atomic E-state index is 0. The number of nitrogens with zero attached hydrogens (tertiary/aromatic N) is 1. The Morgan fingerprint density at radius 3 is 2.65 bits per heavy atom. The van der Waals surface area contributed by atoms with Gasteiger partial charge in [-0.1, -0.05) is 0 Å². The Hall–Kier alpha value is -1.47. The number of carboxylic acid groups (broad SMARTS) is 1. The van der Waals surface area contributed by atoms with Crippen LogP contribution in [0.1, 0.15) is 23.7 Å². The Morgan fingerprint density at radius 2 is 2.13 bits per heavy atom. The molecule has 128 valence electrons. The van der Waals surface area contributed by atoms with Crippen LogP contribution in [-0.4, -0.2) is 48.7 Å². The summed E-state index contributed by atoms with van der Waals surface area (Å²) < 4.78 is 11.4. The van der Waals surface area contributed by atoms with E-state index in [0.717, 1.165) is 0 Å². The SMILES string of the molecule is CCOc1c(Br)cc(C(=O)N2CCC(C(=O)O)C2)cc1OC.Cl. The molecule has 23 heavy (non-hydrogen) atoms. The summed E-state index contributed by atoms with van der Waals surface area (Å²) in [6.07, 6.45) is 0.483. The van der Waals surface area contributed by atoms with Gasteiger partial charge in [-0.2, -0.15) is 0 Å². The lowest BCUT2D eigenvalue weighted by Crippen LogP contribution is -2.30. The second kappa shape index (κ2) is 8.40. The minimum Gasteiger partial charge on any atom is -0.493 e. The van der Waals surface area contributed by atoms with Crippen molar-refractivity contribution in [3.05, 3.63) is 22.2 Å². The highest BCUT2D eigenvalue weighted by molar-refractivity contribution is 9.10. The van der Waals surface area contributed by atoms with E-state index in [9.17, 15) is 9.59 Å². The molecule has 1 N–H and O–H groups in total. The van der Waals surface area contributed by atoms with E-state index in [2.05, 4.69) is 15.9 Å². The zero-order valence-electron chi connectivity index (χ0n) is 12.9. The molecule has 0 spiro atoms. The van der Waals surface area contributed by atoms with Crippen LogP contribution >= 0.6 is 28.3 Å². The fourth-order valence-corrected chi connectivity index (χ4v) is 3.01. The van der Waals surface area contributed by atoms with Crippen LogP contribution in [0.15, 0.2) is 16.6 Å². The first-order valence-corrected chi connectivity index (χ1v) is 7.79. The molecule has 0 bridgehead atoms. The molecule has 0 aromatic heterocycles. The van der Waals surface area contributed by atoms with Gasteiger partial charge in [-0.25, -0.2) is 0 Å². The van der Waals surface area contributed by atoms with Crippen molar-refractivity contribution in [2.24, 2.45) is 5.92 Å². The zero-order valence-corrected chi connectivity index (χ0v) is 15.3. The second-order valence-electron chi connectivity index (χ2n) is 5.00. The Labute approximate surface area is 149 Å². The summed E-state index contributed by atoms with van der Waals surface area (Å²) in [7, 11) is 1.51. The van der Waals surface area contributed by atoms with Gasteiger partial charge in [0.25, 0.3) is 5.91 Å². The Bertz CT molecular complexity index is 595. The number of carbonyl (C=O) groups is 2. The number of rotatable bonds is 5. The second-order valence-corrected chi connectivity index (χ2v) is 5.85. The van der Waals surface area contributed by atoms with Crippen LogP contribution in [0.3, 0.4) is 0 Å². The summed E-state index contributed by atoms with van der Waals surface area (Å²) in [5.74, 6) is -0.538. The van der Waals surface area contributed by atoms with E-state index in [4.69, 9.17) is 14.6 Å². The first-order valence-electron chi connectivity index (χ1n) is 7.00. The van der Waals surface area contributed by atoms with Crippen molar-refractivity contribution in [1.82, 2.24) is 4.90 Å². The van der Waals surface area contributed by atoms with E-state index < -0.39 is 11.9 Å². The maximum absolute atomic E-state index is 12.5. The van der Waals surface area contributed by atoms with E-state index in [1.165, 1.54) is 7.11 Å². The van der Waals surface area contributed by atoms with E-state index in [-0.39, 0.29) is 24.9 Å². The summed E-state index contributed by atoms with van der Waals surface area (Å²) >= 11 is 3.38. The third-order valence-corrected chi connectivity index (χ3v) is 4.18. The maximum Gasteiger partial charge on any atom is 0.308 e. The van der Waals surface area contributed by atoms with Crippen LogP contribution < -0.4 is 9.47 Å². The van der Waals surface area contributed by atoms with Crippen molar-refractivity contribution in [3.8, 4) is 11.5 Å². The van der Waals surface area contributed by atoms with Crippen LogP contribution in [0.2, 0.25) is 0 Å². The van der Waals surface area contributed by atoms with Gasteiger partial charge in [-0.15, -0.1) is 12.4 Å². The highest BCUT2D eigenvalue weighted by Crippen LogP contribution is 2.37. The van der Waals surface area contributed by atoms with Gasteiger partial charge in [0.15, 0.2) is 11.5 Å². The van der Waals surface area contributed by atoms with Crippen LogP contribution in [0.4, 0.5) is 0 Å². The molecule has 0 radical (unpaired) electrons. The monoisotopic (exact) mass is 407 g/mol. The van der Waals surface area contributed by atoms with E-state index in [0.29, 0.717) is 41.1 Å². The summed E-state index contributed by atoms with van der Waals surface area (Å²) in [6, 6.07) is 3.29. The van der Waals surface area contributed by atoms with Crippen LogP contribution in [0.5, 0.6) is 11.5 Å². The van der Waals surface area contributed by atoms with Gasteiger partial charge in [0.2, 0.25) is 0 Å². The van der Waals surface area contributed by atoms with Crippen LogP contribution in [-0.2, 0) is 4.79 Å². The Balaban J connectivity index is 0.00000264. The Morgan fingerprint density at radius 1 is 1.43 bits per heavy atom. The molecule has 0 aliphatic carbocycles. The smallest absolute Gasteiger partial charge is 0.308 e. The predicted octanol–water partition coefficient (Wildman–Crippen LogP) is 2.82. The number of halogens is 2. The highest BCUT2D eigenvalue weighted by atomic mass is 79.9. The van der Waals surface area contributed by atoms with Crippen LogP contribution in [0, 0.1) is 5.92 Å². The summed E-state index contributed by atoms with van der Waals surface area (Å²) in [6.45, 7) is 3.03. The van der Waals surface area contributed by atoms with Crippen molar-refractivity contribution in [3.63, 3.8) is 0 Å². The highest BCUT2D eigenvalue weighted by Gasteiger charge is 2.31. The van der Waals surface area contributed by atoms with Gasteiger partial charge < -0.3 is 19.5 Å². The largest absolute Gasteiger partial charge is 0.493 e. The zero-order chi connectivity index (χ0) is 16.3. The van der Waals surface area contributed by atoms with Gasteiger partial charge in [-0.3, -0.25) is 9.59 Å². The van der Waals surface area contributed by atoms with Gasteiger partial charge in [0.05, 0.1) is 24.1 Å². The third-order valence-electron chi connectivity index (χ3n) is 3.59. The van der Waals surface area contributed by atoms with Crippen molar-refractivity contribution in [2.75, 3.05) is 26.8 Å². The van der Waals surface area contributed by atoms with Crippen molar-refractivity contribution < 1.29 is 24.2 Å². The van der Waals surface area contributed by atoms with Gasteiger partial charge in [0, 0.05) is 18.7 Å². The normalized spacial score (nSPS) is 16.7. The lowest BCUT2D eigenvalue weighted by molar-refractivity contribution is -0.141. The molecule has 1 aliphatic heterocycles. The van der Waals surface area contributed by atoms with Crippen molar-refractivity contribution in [1.29, 1.82) is 0 Å². The molecule has 0 saturated carbocycles. The number of likely N-dealkylation sites (tertiary alicyclic amines) is 1. The summed E-state index contributed by atoms with van der Waals surface area (Å²) in [5, 5.41) is 9.02. The first kappa shape index (κ1) is 19.6. The Kier molecular flexibility index (Phi) is 7.15. The molecule has 6 nitrogen and oxygen atoms in total. The molecule has 1 unspecified atom stereocenters. The molecular weight excluding hydrogens is 390 g/mol. The number of aliphatic carboxylic acids is 1. The topological polar surface area (TPSA) is 76.1 Å². The molecule has 1 aliphatic rings. The summed E-state index contributed by atoms with van der Waals surface area (Å²) in [5.41, 5.74) is 0.443. The first-order chi connectivity index (χ1) is 10.5. The molecule has 1 heterocycles. The van der Waals surface area contributed by atoms with Crippen LogP contribution in [0.25, 0.3) is 0 Å². The number of hydrogen-bond donors (Lipinski definition) is 1. The number of methoxy groups -OCH3 is 1. The van der Waals surface area contributed by atoms with Gasteiger partial charge in [0.1, 0.15) is 0 Å². The number of amides is 1. The average Bonchev–Trinajstić information content (AvgIpc) is 2.98. The van der Waals surface area contributed by atoms with E-state index in [1.807, 2.05) is 6.92 Å². The van der Waals surface area contributed by atoms with E-state index in [1.54, 1.807) is 17.0 Å². The molecule has 1 saturated heterocycles. The van der Waals surface area contributed by atoms with Gasteiger partial charge >= 0.3 is 5.97 Å². The standard InChI is InChI=1S/C15H18BrNO5.ClH/c1-3-22-13-11(16)6-10(7-12(13)21-2)14(18)17-5-4-9(8-17)15(19)20;/h6-7,9H,3-5,8H2,1-2H3,(H,19,20);1H.